The average Bonchev–Trinajstić information content (AvgIpc) is 2.90. The van der Waals surface area contributed by atoms with Crippen molar-refractivity contribution in [3.8, 4) is 0 Å². The van der Waals surface area contributed by atoms with Gasteiger partial charge in [0.2, 0.25) is 5.91 Å². The summed E-state index contributed by atoms with van der Waals surface area (Å²) in [7, 11) is 0. The highest BCUT2D eigenvalue weighted by Gasteiger charge is 2.33. The van der Waals surface area contributed by atoms with Crippen molar-refractivity contribution in [1.29, 1.82) is 0 Å². The Kier molecular flexibility index (Phi) is 5.63. The van der Waals surface area contributed by atoms with Gasteiger partial charge in [-0.1, -0.05) is 0 Å². The van der Waals surface area contributed by atoms with Crippen LogP contribution in [0.1, 0.15) is 48.9 Å². The number of piperidine rings is 1. The van der Waals surface area contributed by atoms with Crippen LogP contribution in [0.2, 0.25) is 0 Å². The maximum Gasteiger partial charge on any atom is 0.254 e. The zero-order valence-electron chi connectivity index (χ0n) is 14.0. The van der Waals surface area contributed by atoms with Gasteiger partial charge in [0.25, 0.3) is 5.91 Å². The second-order valence-corrected chi connectivity index (χ2v) is 6.86. The predicted molar refractivity (Wildman–Crippen MR) is 89.0 cm³/mol. The Bertz CT molecular complexity index is 641. The lowest BCUT2D eigenvalue weighted by Crippen LogP contribution is -2.48. The fourth-order valence-electron chi connectivity index (χ4n) is 3.69. The van der Waals surface area contributed by atoms with Crippen molar-refractivity contribution in [2.75, 3.05) is 6.54 Å². The lowest BCUT2D eigenvalue weighted by atomic mass is 9.99. The molecule has 0 aliphatic carbocycles. The Morgan fingerprint density at radius 3 is 2.56 bits per heavy atom. The first kappa shape index (κ1) is 17.8. The number of hydrogen-bond acceptors (Lipinski definition) is 3. The molecular formula is C18H23F2N3O2. The highest BCUT2D eigenvalue weighted by atomic mass is 19.1. The minimum absolute atomic E-state index is 0.0199. The Morgan fingerprint density at radius 2 is 1.88 bits per heavy atom. The van der Waals surface area contributed by atoms with Crippen molar-refractivity contribution in [3.63, 3.8) is 0 Å². The van der Waals surface area contributed by atoms with Gasteiger partial charge < -0.3 is 16.0 Å². The van der Waals surface area contributed by atoms with E-state index in [0.29, 0.717) is 31.0 Å². The number of carbonyl (C=O) groups is 2. The number of amides is 2. The van der Waals surface area contributed by atoms with Gasteiger partial charge in [-0.3, -0.25) is 9.59 Å². The monoisotopic (exact) mass is 351 g/mol. The molecule has 25 heavy (non-hydrogen) atoms. The number of halogens is 2. The van der Waals surface area contributed by atoms with E-state index in [0.717, 1.165) is 25.0 Å². The fourth-order valence-corrected chi connectivity index (χ4v) is 3.69. The first-order valence-electron chi connectivity index (χ1n) is 8.80. The SMILES string of the molecule is O=C(CCCNC(=O)c1ccc(F)cc1F)NC1CC2CCC(C1)N2. The minimum atomic E-state index is -0.893. The van der Waals surface area contributed by atoms with Crippen LogP contribution in [0.3, 0.4) is 0 Å². The molecule has 3 rings (SSSR count). The van der Waals surface area contributed by atoms with E-state index in [4.69, 9.17) is 0 Å². The summed E-state index contributed by atoms with van der Waals surface area (Å²) in [5.74, 6) is -2.24. The summed E-state index contributed by atoms with van der Waals surface area (Å²) in [6.07, 6.45) is 5.10. The summed E-state index contributed by atoms with van der Waals surface area (Å²) >= 11 is 0. The molecule has 7 heteroatoms. The first-order chi connectivity index (χ1) is 12.0. The molecule has 1 aromatic carbocycles. The normalized spacial score (nSPS) is 24.8. The molecule has 2 bridgehead atoms. The van der Waals surface area contributed by atoms with Gasteiger partial charge in [0, 0.05) is 37.2 Å². The van der Waals surface area contributed by atoms with Gasteiger partial charge in [-0.15, -0.1) is 0 Å². The third-order valence-corrected chi connectivity index (χ3v) is 4.88. The van der Waals surface area contributed by atoms with Crippen LogP contribution in [0.4, 0.5) is 8.78 Å². The van der Waals surface area contributed by atoms with Crippen molar-refractivity contribution in [2.45, 2.75) is 56.7 Å². The molecular weight excluding hydrogens is 328 g/mol. The number of nitrogens with one attached hydrogen (secondary N) is 3. The molecule has 1 aromatic rings. The second kappa shape index (κ2) is 7.91. The van der Waals surface area contributed by atoms with Crippen LogP contribution in [-0.4, -0.2) is 36.5 Å². The summed E-state index contributed by atoms with van der Waals surface area (Å²) in [6, 6.07) is 4.10. The number of fused-ring (bicyclic) bond motifs is 2. The lowest BCUT2D eigenvalue weighted by molar-refractivity contribution is -0.122. The maximum absolute atomic E-state index is 13.5. The molecule has 0 aromatic heterocycles. The summed E-state index contributed by atoms with van der Waals surface area (Å²) in [5.41, 5.74) is -0.198. The van der Waals surface area contributed by atoms with Crippen LogP contribution < -0.4 is 16.0 Å². The topological polar surface area (TPSA) is 70.2 Å². The van der Waals surface area contributed by atoms with E-state index in [-0.39, 0.29) is 24.1 Å². The molecule has 2 atom stereocenters. The molecule has 2 heterocycles. The molecule has 2 aliphatic heterocycles. The zero-order chi connectivity index (χ0) is 17.8. The predicted octanol–water partition coefficient (Wildman–Crippen LogP) is 1.87. The van der Waals surface area contributed by atoms with Crippen LogP contribution in [-0.2, 0) is 4.79 Å². The third kappa shape index (κ3) is 4.75. The van der Waals surface area contributed by atoms with Gasteiger partial charge in [0.15, 0.2) is 0 Å². The molecule has 136 valence electrons. The molecule has 0 radical (unpaired) electrons. The van der Waals surface area contributed by atoms with Gasteiger partial charge in [0.1, 0.15) is 11.6 Å². The smallest absolute Gasteiger partial charge is 0.254 e. The molecule has 5 nitrogen and oxygen atoms in total. The molecule has 2 amide bonds. The van der Waals surface area contributed by atoms with Crippen molar-refractivity contribution in [2.24, 2.45) is 0 Å². The van der Waals surface area contributed by atoms with E-state index in [1.54, 1.807) is 0 Å². The van der Waals surface area contributed by atoms with Crippen LogP contribution in [0.25, 0.3) is 0 Å². The van der Waals surface area contributed by atoms with Crippen molar-refractivity contribution >= 4 is 11.8 Å². The van der Waals surface area contributed by atoms with E-state index >= 15 is 0 Å². The van der Waals surface area contributed by atoms with Crippen LogP contribution in [0, 0.1) is 11.6 Å². The number of benzene rings is 1. The molecule has 2 unspecified atom stereocenters. The van der Waals surface area contributed by atoms with E-state index < -0.39 is 17.5 Å². The standard InChI is InChI=1S/C18H23F2N3O2/c19-11-3-6-15(16(20)8-11)18(25)21-7-1-2-17(24)23-14-9-12-4-5-13(10-14)22-12/h3,6,8,12-14,22H,1-2,4-5,7,9-10H2,(H,21,25)(H,23,24). The average molecular weight is 351 g/mol. The summed E-state index contributed by atoms with van der Waals surface area (Å²) in [6.45, 7) is 0.264. The van der Waals surface area contributed by atoms with Crippen molar-refractivity contribution in [3.05, 3.63) is 35.4 Å². The quantitative estimate of drug-likeness (QED) is 0.686. The van der Waals surface area contributed by atoms with E-state index in [9.17, 15) is 18.4 Å². The highest BCUT2D eigenvalue weighted by Crippen LogP contribution is 2.26. The molecule has 3 N–H and O–H groups in total. The summed E-state index contributed by atoms with van der Waals surface area (Å²) < 4.78 is 26.3. The van der Waals surface area contributed by atoms with Crippen LogP contribution in [0.5, 0.6) is 0 Å². The fraction of sp³-hybridized carbons (Fsp3) is 0.556. The lowest BCUT2D eigenvalue weighted by Gasteiger charge is -2.29. The summed E-state index contributed by atoms with van der Waals surface area (Å²) in [5, 5.41) is 9.14. The van der Waals surface area contributed by atoms with Gasteiger partial charge in [0.05, 0.1) is 5.56 Å². The molecule has 2 fully saturated rings. The Balaban J connectivity index is 1.35. The largest absolute Gasteiger partial charge is 0.353 e. The van der Waals surface area contributed by atoms with Gasteiger partial charge in [-0.05, 0) is 44.2 Å². The number of hydrogen-bond donors (Lipinski definition) is 3. The third-order valence-electron chi connectivity index (χ3n) is 4.88. The second-order valence-electron chi connectivity index (χ2n) is 6.86. The molecule has 2 saturated heterocycles. The number of carbonyl (C=O) groups excluding carboxylic acids is 2. The van der Waals surface area contributed by atoms with E-state index in [2.05, 4.69) is 16.0 Å². The number of rotatable bonds is 6. The van der Waals surface area contributed by atoms with Crippen molar-refractivity contribution < 1.29 is 18.4 Å². The van der Waals surface area contributed by atoms with Gasteiger partial charge in [-0.25, -0.2) is 8.78 Å². The van der Waals surface area contributed by atoms with Gasteiger partial charge in [-0.2, -0.15) is 0 Å². The highest BCUT2D eigenvalue weighted by molar-refractivity contribution is 5.94. The van der Waals surface area contributed by atoms with Gasteiger partial charge >= 0.3 is 0 Å². The molecule has 0 spiro atoms. The van der Waals surface area contributed by atoms with E-state index in [1.807, 2.05) is 0 Å². The Morgan fingerprint density at radius 1 is 1.16 bits per heavy atom. The zero-order valence-corrected chi connectivity index (χ0v) is 14.0. The first-order valence-corrected chi connectivity index (χ1v) is 8.80. The maximum atomic E-state index is 13.5. The minimum Gasteiger partial charge on any atom is -0.353 e. The van der Waals surface area contributed by atoms with E-state index in [1.165, 1.54) is 12.8 Å². The Labute approximate surface area is 145 Å². The Hall–Kier alpha value is -2.02. The van der Waals surface area contributed by atoms with Crippen LogP contribution in [0.15, 0.2) is 18.2 Å². The molecule has 2 aliphatic rings. The van der Waals surface area contributed by atoms with Crippen LogP contribution >= 0.6 is 0 Å². The summed E-state index contributed by atoms with van der Waals surface area (Å²) in [4.78, 5) is 23.8. The molecule has 0 saturated carbocycles. The van der Waals surface area contributed by atoms with Crippen molar-refractivity contribution in [1.82, 2.24) is 16.0 Å².